The second kappa shape index (κ2) is 10.6. The molecule has 1 N–H and O–H groups in total. The summed E-state index contributed by atoms with van der Waals surface area (Å²) in [5.74, 6) is 1.21. The quantitative estimate of drug-likeness (QED) is 0.324. The first-order valence-corrected chi connectivity index (χ1v) is 11.5. The highest BCUT2D eigenvalue weighted by atomic mass is 35.5. The summed E-state index contributed by atoms with van der Waals surface area (Å²) < 4.78 is 25.8. The molecular formula is C24H20ClFN4O3S. The number of benzene rings is 3. The number of hydrogen-bond acceptors (Lipinski definition) is 6. The summed E-state index contributed by atoms with van der Waals surface area (Å²) in [6, 6.07) is 18.9. The second-order valence-electron chi connectivity index (χ2n) is 7.04. The minimum absolute atomic E-state index is 0.0569. The van der Waals surface area contributed by atoms with E-state index in [1.165, 1.54) is 30.0 Å². The van der Waals surface area contributed by atoms with Gasteiger partial charge < -0.3 is 14.8 Å². The van der Waals surface area contributed by atoms with Gasteiger partial charge in [0.1, 0.15) is 17.3 Å². The molecule has 0 aliphatic carbocycles. The van der Waals surface area contributed by atoms with Crippen molar-refractivity contribution in [2.45, 2.75) is 5.16 Å². The van der Waals surface area contributed by atoms with Gasteiger partial charge in [0.05, 0.1) is 25.0 Å². The van der Waals surface area contributed by atoms with Gasteiger partial charge >= 0.3 is 0 Å². The predicted octanol–water partition coefficient (Wildman–Crippen LogP) is 5.47. The lowest BCUT2D eigenvalue weighted by molar-refractivity contribution is -0.113. The lowest BCUT2D eigenvalue weighted by Gasteiger charge is -2.12. The van der Waals surface area contributed by atoms with Crippen LogP contribution in [-0.2, 0) is 4.79 Å². The minimum Gasteiger partial charge on any atom is -0.497 e. The van der Waals surface area contributed by atoms with E-state index < -0.39 is 5.82 Å². The maximum Gasteiger partial charge on any atom is 0.234 e. The van der Waals surface area contributed by atoms with Gasteiger partial charge in [-0.1, -0.05) is 35.5 Å². The van der Waals surface area contributed by atoms with Crippen molar-refractivity contribution >= 4 is 35.0 Å². The summed E-state index contributed by atoms with van der Waals surface area (Å²) in [6.45, 7) is 0. The molecule has 0 bridgehead atoms. The average molecular weight is 499 g/mol. The Labute approximate surface area is 204 Å². The molecule has 0 spiro atoms. The Morgan fingerprint density at radius 2 is 1.79 bits per heavy atom. The molecular weight excluding hydrogens is 479 g/mol. The second-order valence-corrected chi connectivity index (χ2v) is 8.39. The molecule has 4 aromatic rings. The number of thioether (sulfide) groups is 1. The van der Waals surface area contributed by atoms with Gasteiger partial charge in [0.2, 0.25) is 5.91 Å². The van der Waals surface area contributed by atoms with Gasteiger partial charge in [-0.2, -0.15) is 0 Å². The molecule has 174 valence electrons. The van der Waals surface area contributed by atoms with Gasteiger partial charge in [0.25, 0.3) is 0 Å². The molecule has 0 fully saturated rings. The zero-order valence-corrected chi connectivity index (χ0v) is 19.9. The third-order valence-corrected chi connectivity index (χ3v) is 6.05. The van der Waals surface area contributed by atoms with Crippen LogP contribution in [0.3, 0.4) is 0 Å². The Morgan fingerprint density at radius 3 is 2.50 bits per heavy atom. The maximum atomic E-state index is 13.4. The molecule has 0 saturated heterocycles. The van der Waals surface area contributed by atoms with Crippen LogP contribution >= 0.6 is 23.4 Å². The van der Waals surface area contributed by atoms with Crippen molar-refractivity contribution in [2.75, 3.05) is 25.3 Å². The summed E-state index contributed by atoms with van der Waals surface area (Å²) in [7, 11) is 3.20. The Balaban J connectivity index is 1.61. The van der Waals surface area contributed by atoms with Crippen LogP contribution in [0.4, 0.5) is 10.1 Å². The highest BCUT2D eigenvalue weighted by Gasteiger charge is 2.18. The van der Waals surface area contributed by atoms with E-state index in [9.17, 15) is 9.18 Å². The number of nitrogens with one attached hydrogen (secondary N) is 1. The number of hydrogen-bond donors (Lipinski definition) is 1. The van der Waals surface area contributed by atoms with Crippen molar-refractivity contribution in [3.05, 3.63) is 77.6 Å². The summed E-state index contributed by atoms with van der Waals surface area (Å²) in [4.78, 5) is 12.5. The number of carbonyl (C=O) groups is 1. The number of amides is 1. The van der Waals surface area contributed by atoms with Gasteiger partial charge in [-0.3, -0.25) is 9.36 Å². The largest absolute Gasteiger partial charge is 0.497 e. The zero-order chi connectivity index (χ0) is 24.1. The van der Waals surface area contributed by atoms with E-state index >= 15 is 0 Å². The molecule has 1 amide bonds. The van der Waals surface area contributed by atoms with E-state index in [1.54, 1.807) is 14.2 Å². The number of methoxy groups -OCH3 is 2. The van der Waals surface area contributed by atoms with Crippen LogP contribution in [-0.4, -0.2) is 40.6 Å². The van der Waals surface area contributed by atoms with Crippen molar-refractivity contribution in [1.29, 1.82) is 0 Å². The van der Waals surface area contributed by atoms with Crippen LogP contribution in [0.15, 0.2) is 71.9 Å². The third-order valence-electron chi connectivity index (χ3n) is 4.83. The van der Waals surface area contributed by atoms with Crippen LogP contribution in [0.2, 0.25) is 5.02 Å². The van der Waals surface area contributed by atoms with E-state index in [4.69, 9.17) is 21.1 Å². The summed E-state index contributed by atoms with van der Waals surface area (Å²) in [5, 5.41) is 11.9. The molecule has 0 unspecified atom stereocenters. The minimum atomic E-state index is -0.549. The lowest BCUT2D eigenvalue weighted by Crippen LogP contribution is -2.14. The number of aromatic nitrogens is 3. The number of halogens is 2. The summed E-state index contributed by atoms with van der Waals surface area (Å²) >= 11 is 7.01. The van der Waals surface area contributed by atoms with E-state index in [-0.39, 0.29) is 16.7 Å². The molecule has 3 aromatic carbocycles. The topological polar surface area (TPSA) is 78.3 Å². The van der Waals surface area contributed by atoms with E-state index in [0.717, 1.165) is 11.3 Å². The fourth-order valence-corrected chi connectivity index (χ4v) is 4.11. The standard InChI is InChI=1S/C24H20ClFN4O3S/c1-32-18-9-7-17(8-10-18)30-23(15-4-3-5-19(12-15)33-2)28-29-24(30)34-14-22(31)27-16-6-11-21(26)20(25)13-16/h3-13H,14H2,1-2H3,(H,27,31). The molecule has 0 aliphatic rings. The molecule has 7 nitrogen and oxygen atoms in total. The zero-order valence-electron chi connectivity index (χ0n) is 18.3. The molecule has 10 heteroatoms. The summed E-state index contributed by atoms with van der Waals surface area (Å²) in [6.07, 6.45) is 0. The fourth-order valence-electron chi connectivity index (χ4n) is 3.18. The number of nitrogens with zero attached hydrogens (tertiary/aromatic N) is 3. The smallest absolute Gasteiger partial charge is 0.234 e. The Morgan fingerprint density at radius 1 is 1.03 bits per heavy atom. The van der Waals surface area contributed by atoms with E-state index in [2.05, 4.69) is 15.5 Å². The molecule has 0 radical (unpaired) electrons. The van der Waals surface area contributed by atoms with Crippen LogP contribution in [0.25, 0.3) is 17.1 Å². The van der Waals surface area contributed by atoms with Crippen molar-refractivity contribution in [3.8, 4) is 28.6 Å². The molecule has 4 rings (SSSR count). The van der Waals surface area contributed by atoms with Gasteiger partial charge in [-0.15, -0.1) is 10.2 Å². The Bertz CT molecular complexity index is 1310. The van der Waals surface area contributed by atoms with Crippen LogP contribution in [0, 0.1) is 5.82 Å². The third kappa shape index (κ3) is 5.32. The molecule has 0 atom stereocenters. The van der Waals surface area contributed by atoms with Crippen molar-refractivity contribution in [3.63, 3.8) is 0 Å². The van der Waals surface area contributed by atoms with Gasteiger partial charge in [-0.05, 0) is 54.6 Å². The number of carbonyl (C=O) groups excluding carboxylic acids is 1. The van der Waals surface area contributed by atoms with Crippen molar-refractivity contribution < 1.29 is 18.7 Å². The molecule has 0 aliphatic heterocycles. The SMILES string of the molecule is COc1ccc(-n2c(SCC(=O)Nc3ccc(F)c(Cl)c3)nnc2-c2cccc(OC)c2)cc1. The first kappa shape index (κ1) is 23.6. The number of rotatable bonds is 8. The van der Waals surface area contributed by atoms with Crippen LogP contribution in [0.5, 0.6) is 11.5 Å². The van der Waals surface area contributed by atoms with E-state index in [1.807, 2.05) is 53.1 Å². The van der Waals surface area contributed by atoms with Gasteiger partial charge in [0, 0.05) is 16.9 Å². The maximum absolute atomic E-state index is 13.4. The van der Waals surface area contributed by atoms with Crippen LogP contribution < -0.4 is 14.8 Å². The Hall–Kier alpha value is -3.56. The van der Waals surface area contributed by atoms with Gasteiger partial charge in [0.15, 0.2) is 11.0 Å². The Kier molecular flexibility index (Phi) is 7.34. The number of ether oxygens (including phenoxy) is 2. The van der Waals surface area contributed by atoms with Crippen molar-refractivity contribution in [1.82, 2.24) is 14.8 Å². The predicted molar refractivity (Wildman–Crippen MR) is 131 cm³/mol. The van der Waals surface area contributed by atoms with Crippen LogP contribution in [0.1, 0.15) is 0 Å². The fraction of sp³-hybridized carbons (Fsp3) is 0.125. The highest BCUT2D eigenvalue weighted by Crippen LogP contribution is 2.30. The monoisotopic (exact) mass is 498 g/mol. The highest BCUT2D eigenvalue weighted by molar-refractivity contribution is 7.99. The normalized spacial score (nSPS) is 10.7. The summed E-state index contributed by atoms with van der Waals surface area (Å²) in [5.41, 5.74) is 2.02. The van der Waals surface area contributed by atoms with Gasteiger partial charge in [-0.25, -0.2) is 4.39 Å². The van der Waals surface area contributed by atoms with E-state index in [0.29, 0.717) is 28.2 Å². The first-order valence-electron chi connectivity index (χ1n) is 10.1. The molecule has 1 aromatic heterocycles. The molecule has 34 heavy (non-hydrogen) atoms. The molecule has 1 heterocycles. The number of anilines is 1. The molecule has 0 saturated carbocycles. The first-order chi connectivity index (χ1) is 16.5. The van der Waals surface area contributed by atoms with Crippen molar-refractivity contribution in [2.24, 2.45) is 0 Å². The average Bonchev–Trinajstić information content (AvgIpc) is 3.29. The lowest BCUT2D eigenvalue weighted by atomic mass is 10.2.